The zero-order chi connectivity index (χ0) is 22.1. The zero-order valence-corrected chi connectivity index (χ0v) is 18.0. The Labute approximate surface area is 177 Å². The third-order valence-electron chi connectivity index (χ3n) is 4.49. The fraction of sp³-hybridized carbons (Fsp3) is 0.348. The number of rotatable bonds is 9. The van der Waals surface area contributed by atoms with Crippen LogP contribution in [0.3, 0.4) is 0 Å². The molecule has 0 bridgehead atoms. The predicted octanol–water partition coefficient (Wildman–Crippen LogP) is 3.35. The normalized spacial score (nSPS) is 10.4. The number of nitrogens with zero attached hydrogens (tertiary/aromatic N) is 1. The van der Waals surface area contributed by atoms with Crippen molar-refractivity contribution in [1.29, 1.82) is 0 Å². The number of carbonyl (C=O) groups excluding carboxylic acids is 3. The Hall–Kier alpha value is -3.35. The zero-order valence-electron chi connectivity index (χ0n) is 18.0. The molecule has 0 radical (unpaired) electrons. The second-order valence-electron chi connectivity index (χ2n) is 7.61. The molecule has 0 heterocycles. The second-order valence-corrected chi connectivity index (χ2v) is 7.61. The van der Waals surface area contributed by atoms with Crippen molar-refractivity contribution in [2.24, 2.45) is 5.92 Å². The number of carbonyl (C=O) groups is 3. The van der Waals surface area contributed by atoms with E-state index in [1.54, 1.807) is 43.3 Å². The van der Waals surface area contributed by atoms with Crippen LogP contribution in [0.4, 0.5) is 17.1 Å². The summed E-state index contributed by atoms with van der Waals surface area (Å²) in [6.45, 7) is 3.79. The van der Waals surface area contributed by atoms with Crippen molar-refractivity contribution in [3.05, 3.63) is 54.1 Å². The summed E-state index contributed by atoms with van der Waals surface area (Å²) in [6, 6.07) is 14.7. The Kier molecular flexibility index (Phi) is 8.41. The van der Waals surface area contributed by atoms with Crippen LogP contribution in [0.5, 0.6) is 0 Å². The van der Waals surface area contributed by atoms with E-state index in [9.17, 15) is 14.4 Å². The molecule has 0 fully saturated rings. The molecule has 7 heteroatoms. The van der Waals surface area contributed by atoms with Gasteiger partial charge in [-0.1, -0.05) is 26.0 Å². The quantitative estimate of drug-likeness (QED) is 0.591. The number of anilines is 3. The van der Waals surface area contributed by atoms with E-state index in [0.29, 0.717) is 24.2 Å². The van der Waals surface area contributed by atoms with Crippen molar-refractivity contribution in [1.82, 2.24) is 4.90 Å². The Morgan fingerprint density at radius 2 is 1.37 bits per heavy atom. The summed E-state index contributed by atoms with van der Waals surface area (Å²) in [5, 5.41) is 8.70. The van der Waals surface area contributed by atoms with Crippen molar-refractivity contribution in [2.75, 3.05) is 36.6 Å². The molecule has 0 saturated heterocycles. The largest absolute Gasteiger partial charge is 0.376 e. The average molecular weight is 411 g/mol. The molecule has 3 N–H and O–H groups in total. The van der Waals surface area contributed by atoms with E-state index in [0.717, 1.165) is 11.3 Å². The Morgan fingerprint density at radius 1 is 0.833 bits per heavy atom. The van der Waals surface area contributed by atoms with E-state index >= 15 is 0 Å². The van der Waals surface area contributed by atoms with Crippen molar-refractivity contribution >= 4 is 34.8 Å². The third-order valence-corrected chi connectivity index (χ3v) is 4.49. The van der Waals surface area contributed by atoms with Crippen molar-refractivity contribution < 1.29 is 14.4 Å². The number of benzene rings is 2. The minimum absolute atomic E-state index is 0.0497. The molecule has 3 amide bonds. The van der Waals surface area contributed by atoms with Gasteiger partial charge in [-0.15, -0.1) is 0 Å². The van der Waals surface area contributed by atoms with Crippen LogP contribution in [0.1, 0.15) is 25.8 Å². The highest BCUT2D eigenvalue weighted by Crippen LogP contribution is 2.15. The Balaban J connectivity index is 1.77. The van der Waals surface area contributed by atoms with E-state index in [2.05, 4.69) is 16.0 Å². The van der Waals surface area contributed by atoms with Crippen molar-refractivity contribution in [3.63, 3.8) is 0 Å². The van der Waals surface area contributed by atoms with Gasteiger partial charge < -0.3 is 20.9 Å². The summed E-state index contributed by atoms with van der Waals surface area (Å²) in [6.07, 6.45) is 1.16. The molecular weight excluding hydrogens is 380 g/mol. The van der Waals surface area contributed by atoms with Gasteiger partial charge in [-0.3, -0.25) is 14.4 Å². The molecular formula is C23H30N4O3. The van der Waals surface area contributed by atoms with Crippen LogP contribution >= 0.6 is 0 Å². The van der Waals surface area contributed by atoms with Crippen LogP contribution < -0.4 is 16.0 Å². The molecule has 0 spiro atoms. The first-order valence-electron chi connectivity index (χ1n) is 9.98. The summed E-state index contributed by atoms with van der Waals surface area (Å²) in [4.78, 5) is 37.1. The smallest absolute Gasteiger partial charge is 0.243 e. The number of aryl methyl sites for hydroxylation is 1. The highest BCUT2D eigenvalue weighted by atomic mass is 16.2. The summed E-state index contributed by atoms with van der Waals surface area (Å²) < 4.78 is 0. The minimum Gasteiger partial charge on any atom is -0.376 e. The monoisotopic (exact) mass is 410 g/mol. The number of hydrogen-bond acceptors (Lipinski definition) is 4. The fourth-order valence-electron chi connectivity index (χ4n) is 2.58. The van der Waals surface area contributed by atoms with Crippen LogP contribution in [0.25, 0.3) is 0 Å². The van der Waals surface area contributed by atoms with Gasteiger partial charge in [0.05, 0.1) is 6.54 Å². The second kappa shape index (κ2) is 11.0. The molecule has 2 rings (SSSR count). The lowest BCUT2D eigenvalue weighted by molar-refractivity contribution is -0.128. The van der Waals surface area contributed by atoms with Crippen LogP contribution in [-0.2, 0) is 20.8 Å². The minimum atomic E-state index is -0.172. The molecule has 0 aliphatic carbocycles. The van der Waals surface area contributed by atoms with E-state index in [4.69, 9.17) is 0 Å². The van der Waals surface area contributed by atoms with E-state index in [1.165, 1.54) is 0 Å². The molecule has 0 aromatic heterocycles. The fourth-order valence-corrected chi connectivity index (χ4v) is 2.58. The van der Waals surface area contributed by atoms with Crippen LogP contribution in [-0.4, -0.2) is 43.3 Å². The van der Waals surface area contributed by atoms with E-state index in [-0.39, 0.29) is 30.2 Å². The van der Waals surface area contributed by atoms with Gasteiger partial charge in [0.15, 0.2) is 0 Å². The number of amides is 3. The molecule has 0 unspecified atom stereocenters. The molecule has 160 valence electrons. The summed E-state index contributed by atoms with van der Waals surface area (Å²) in [5.41, 5.74) is 3.26. The van der Waals surface area contributed by atoms with E-state index in [1.807, 2.05) is 38.1 Å². The first-order chi connectivity index (χ1) is 14.2. The van der Waals surface area contributed by atoms with Crippen molar-refractivity contribution in [2.45, 2.75) is 26.7 Å². The highest BCUT2D eigenvalue weighted by molar-refractivity contribution is 5.95. The molecule has 2 aromatic carbocycles. The average Bonchev–Trinajstić information content (AvgIpc) is 2.72. The molecule has 7 nitrogen and oxygen atoms in total. The van der Waals surface area contributed by atoms with Gasteiger partial charge in [0.2, 0.25) is 17.7 Å². The van der Waals surface area contributed by atoms with Crippen LogP contribution in [0.2, 0.25) is 0 Å². The maximum Gasteiger partial charge on any atom is 0.243 e. The molecule has 0 saturated carbocycles. The van der Waals surface area contributed by atoms with Crippen molar-refractivity contribution in [3.8, 4) is 0 Å². The lowest BCUT2D eigenvalue weighted by Crippen LogP contribution is -2.22. The maximum atomic E-state index is 12.2. The van der Waals surface area contributed by atoms with E-state index < -0.39 is 0 Å². The maximum absolute atomic E-state index is 12.2. The summed E-state index contributed by atoms with van der Waals surface area (Å²) in [5.74, 6) is -0.213. The number of hydrogen-bond donors (Lipinski definition) is 3. The van der Waals surface area contributed by atoms with Gasteiger partial charge in [-0.25, -0.2) is 0 Å². The van der Waals surface area contributed by atoms with Gasteiger partial charge in [0, 0.05) is 43.5 Å². The summed E-state index contributed by atoms with van der Waals surface area (Å²) in [7, 11) is 3.50. The molecule has 30 heavy (non-hydrogen) atoms. The van der Waals surface area contributed by atoms with Gasteiger partial charge in [0.1, 0.15) is 0 Å². The standard InChI is InChI=1S/C23H30N4O3/c1-16(2)23(30)26-20-12-10-19(11-13-20)25-21(28)15-24-18-8-5-17(6-9-18)7-14-22(29)27(3)4/h5-6,8-13,16,24H,7,14-15H2,1-4H3,(H,25,28)(H,26,30). The van der Waals surface area contributed by atoms with Gasteiger partial charge >= 0.3 is 0 Å². The SMILES string of the molecule is CC(C)C(=O)Nc1ccc(NC(=O)CNc2ccc(CCC(=O)N(C)C)cc2)cc1. The van der Waals surface area contributed by atoms with Gasteiger partial charge in [0.25, 0.3) is 0 Å². The molecule has 2 aromatic rings. The van der Waals surface area contributed by atoms with Crippen LogP contribution in [0, 0.1) is 5.92 Å². The molecule has 0 atom stereocenters. The number of nitrogens with one attached hydrogen (secondary N) is 3. The third kappa shape index (κ3) is 7.58. The first kappa shape index (κ1) is 22.9. The summed E-state index contributed by atoms with van der Waals surface area (Å²) >= 11 is 0. The Bertz CT molecular complexity index is 859. The Morgan fingerprint density at radius 3 is 1.90 bits per heavy atom. The van der Waals surface area contributed by atoms with Gasteiger partial charge in [-0.05, 0) is 48.4 Å². The highest BCUT2D eigenvalue weighted by Gasteiger charge is 2.08. The lowest BCUT2D eigenvalue weighted by Gasteiger charge is -2.11. The topological polar surface area (TPSA) is 90.5 Å². The molecule has 0 aliphatic rings. The van der Waals surface area contributed by atoms with Gasteiger partial charge in [-0.2, -0.15) is 0 Å². The first-order valence-corrected chi connectivity index (χ1v) is 9.98. The predicted molar refractivity (Wildman–Crippen MR) is 120 cm³/mol. The lowest BCUT2D eigenvalue weighted by atomic mass is 10.1. The van der Waals surface area contributed by atoms with Crippen LogP contribution in [0.15, 0.2) is 48.5 Å². The molecule has 0 aliphatic heterocycles.